The van der Waals surface area contributed by atoms with E-state index in [-0.39, 0.29) is 17.2 Å². The van der Waals surface area contributed by atoms with Gasteiger partial charge in [-0.15, -0.1) is 0 Å². The number of rotatable bonds is 3. The predicted octanol–water partition coefficient (Wildman–Crippen LogP) is 3.13. The van der Waals surface area contributed by atoms with Gasteiger partial charge in [0.2, 0.25) is 0 Å². The van der Waals surface area contributed by atoms with Gasteiger partial charge in [0.05, 0.1) is 28.9 Å². The summed E-state index contributed by atoms with van der Waals surface area (Å²) in [4.78, 5) is 22.4. The van der Waals surface area contributed by atoms with Crippen molar-refractivity contribution in [3.05, 3.63) is 59.4 Å². The Hall–Kier alpha value is -3.70. The summed E-state index contributed by atoms with van der Waals surface area (Å²) < 4.78 is 1.46. The molecular formula is C22H19N5O3. The Bertz CT molecular complexity index is 1180. The van der Waals surface area contributed by atoms with E-state index in [1.807, 2.05) is 6.92 Å². The zero-order valence-electron chi connectivity index (χ0n) is 16.4. The van der Waals surface area contributed by atoms with Gasteiger partial charge in [-0.3, -0.25) is 9.63 Å². The molecule has 2 aromatic heterocycles. The summed E-state index contributed by atoms with van der Waals surface area (Å²) in [5, 5.41) is 25.4. The number of carbonyl (C=O) groups excluding carboxylic acids is 1. The van der Waals surface area contributed by atoms with E-state index in [1.165, 1.54) is 22.1 Å². The van der Waals surface area contributed by atoms with Crippen molar-refractivity contribution in [1.29, 1.82) is 5.26 Å². The number of hydrogen-bond acceptors (Lipinski definition) is 6. The first-order valence-corrected chi connectivity index (χ1v) is 9.74. The van der Waals surface area contributed by atoms with E-state index in [0.717, 1.165) is 30.4 Å². The standard InChI is InChI=1S/C22H19N5O3/c1-14-9-15(10-23)3-5-17(14)20-18(28)12-26(25-20)19-6-4-16(11-24-19)21(29)27-22(13-30-27)7-2-8-22/h3-6,9,11-12,28H,2,7-8,13H2,1H3. The highest BCUT2D eigenvalue weighted by molar-refractivity contribution is 5.94. The number of aromatic hydroxyl groups is 1. The second-order valence-corrected chi connectivity index (χ2v) is 7.80. The molecule has 0 bridgehead atoms. The zero-order chi connectivity index (χ0) is 20.9. The molecule has 5 rings (SSSR count). The maximum absolute atomic E-state index is 12.7. The van der Waals surface area contributed by atoms with Crippen LogP contribution in [0.4, 0.5) is 0 Å². The van der Waals surface area contributed by atoms with Crippen LogP contribution in [0.25, 0.3) is 17.1 Å². The van der Waals surface area contributed by atoms with Crippen molar-refractivity contribution in [2.24, 2.45) is 0 Å². The number of aromatic nitrogens is 3. The second-order valence-electron chi connectivity index (χ2n) is 7.80. The topological polar surface area (TPSA) is 104 Å². The first-order chi connectivity index (χ1) is 14.5. The quantitative estimate of drug-likeness (QED) is 0.723. The van der Waals surface area contributed by atoms with Crippen molar-refractivity contribution in [3.8, 4) is 28.9 Å². The minimum atomic E-state index is -0.183. The molecule has 0 radical (unpaired) electrons. The SMILES string of the molecule is Cc1cc(C#N)ccc1-c1nn(-c2ccc(C(=O)N3OCC34CCC4)cn2)cc1O. The normalized spacial score (nSPS) is 16.6. The maximum atomic E-state index is 12.7. The summed E-state index contributed by atoms with van der Waals surface area (Å²) in [5.41, 5.74) is 2.86. The van der Waals surface area contributed by atoms with Crippen LogP contribution in [0.5, 0.6) is 5.75 Å². The average Bonchev–Trinajstić information content (AvgIpc) is 3.07. The number of nitriles is 1. The van der Waals surface area contributed by atoms with Crippen LogP contribution in [0.1, 0.15) is 40.7 Å². The lowest BCUT2D eigenvalue weighted by Crippen LogP contribution is -2.67. The molecule has 1 aliphatic carbocycles. The van der Waals surface area contributed by atoms with Gasteiger partial charge in [-0.1, -0.05) is 6.07 Å². The molecule has 3 heterocycles. The minimum absolute atomic E-state index is 0.00525. The van der Waals surface area contributed by atoms with E-state index in [9.17, 15) is 9.90 Å². The van der Waals surface area contributed by atoms with Crippen LogP contribution in [0, 0.1) is 18.3 Å². The lowest BCUT2D eigenvalue weighted by molar-refractivity contribution is -0.323. The highest BCUT2D eigenvalue weighted by Gasteiger charge is 2.54. The monoisotopic (exact) mass is 401 g/mol. The third-order valence-corrected chi connectivity index (χ3v) is 5.90. The van der Waals surface area contributed by atoms with Crippen LogP contribution in [0.15, 0.2) is 42.7 Å². The predicted molar refractivity (Wildman–Crippen MR) is 107 cm³/mol. The summed E-state index contributed by atoms with van der Waals surface area (Å²) >= 11 is 0. The smallest absolute Gasteiger partial charge is 0.279 e. The average molecular weight is 401 g/mol. The number of amides is 1. The van der Waals surface area contributed by atoms with Gasteiger partial charge in [-0.2, -0.15) is 10.4 Å². The number of pyridine rings is 1. The van der Waals surface area contributed by atoms with Crippen molar-refractivity contribution in [2.45, 2.75) is 31.7 Å². The minimum Gasteiger partial charge on any atom is -0.504 e. The summed E-state index contributed by atoms with van der Waals surface area (Å²) in [6, 6.07) is 10.7. The van der Waals surface area contributed by atoms with Gasteiger partial charge < -0.3 is 5.11 Å². The largest absolute Gasteiger partial charge is 0.504 e. The van der Waals surface area contributed by atoms with Crippen molar-refractivity contribution >= 4 is 5.91 Å². The van der Waals surface area contributed by atoms with E-state index in [2.05, 4.69) is 16.2 Å². The van der Waals surface area contributed by atoms with Crippen LogP contribution in [0.2, 0.25) is 0 Å². The Morgan fingerprint density at radius 2 is 2.13 bits per heavy atom. The van der Waals surface area contributed by atoms with Crippen LogP contribution < -0.4 is 0 Å². The molecule has 2 aliphatic rings. The van der Waals surface area contributed by atoms with Gasteiger partial charge in [0.1, 0.15) is 12.3 Å². The summed E-state index contributed by atoms with van der Waals surface area (Å²) in [5.74, 6) is 0.296. The number of carbonyl (C=O) groups is 1. The van der Waals surface area contributed by atoms with Crippen LogP contribution >= 0.6 is 0 Å². The summed E-state index contributed by atoms with van der Waals surface area (Å²) in [6.07, 6.45) is 6.05. The molecule has 1 spiro atoms. The van der Waals surface area contributed by atoms with Crippen molar-refractivity contribution in [1.82, 2.24) is 19.8 Å². The van der Waals surface area contributed by atoms with E-state index in [0.29, 0.717) is 29.2 Å². The molecule has 1 saturated carbocycles. The summed E-state index contributed by atoms with van der Waals surface area (Å²) in [7, 11) is 0. The fourth-order valence-electron chi connectivity index (χ4n) is 3.96. The number of aryl methyl sites for hydroxylation is 1. The second kappa shape index (κ2) is 6.68. The van der Waals surface area contributed by atoms with Gasteiger partial charge >= 0.3 is 0 Å². The van der Waals surface area contributed by atoms with Crippen LogP contribution in [0.3, 0.4) is 0 Å². The lowest BCUT2D eigenvalue weighted by Gasteiger charge is -2.56. The number of benzene rings is 1. The van der Waals surface area contributed by atoms with E-state index < -0.39 is 0 Å². The first-order valence-electron chi connectivity index (χ1n) is 9.74. The number of hydrogen-bond donors (Lipinski definition) is 1. The Labute approximate surface area is 172 Å². The van der Waals surface area contributed by atoms with E-state index in [4.69, 9.17) is 10.1 Å². The lowest BCUT2D eigenvalue weighted by atomic mass is 9.75. The fourth-order valence-corrected chi connectivity index (χ4v) is 3.96. The van der Waals surface area contributed by atoms with Gasteiger partial charge in [0.15, 0.2) is 11.6 Å². The third kappa shape index (κ3) is 2.75. The van der Waals surface area contributed by atoms with Gasteiger partial charge in [0, 0.05) is 11.8 Å². The zero-order valence-corrected chi connectivity index (χ0v) is 16.4. The van der Waals surface area contributed by atoms with Crippen LogP contribution in [-0.4, -0.2) is 43.0 Å². The molecule has 30 heavy (non-hydrogen) atoms. The first kappa shape index (κ1) is 18.3. The highest BCUT2D eigenvalue weighted by Crippen LogP contribution is 2.45. The molecule has 0 atom stereocenters. The Morgan fingerprint density at radius 1 is 1.30 bits per heavy atom. The Balaban J connectivity index is 1.40. The molecule has 2 fully saturated rings. The molecular weight excluding hydrogens is 382 g/mol. The Kier molecular flexibility index (Phi) is 4.08. The molecule has 1 aliphatic heterocycles. The molecule has 8 heteroatoms. The molecule has 1 saturated heterocycles. The molecule has 3 aromatic rings. The highest BCUT2D eigenvalue weighted by atomic mass is 16.7. The molecule has 1 aromatic carbocycles. The molecule has 150 valence electrons. The maximum Gasteiger partial charge on any atom is 0.279 e. The Morgan fingerprint density at radius 3 is 2.70 bits per heavy atom. The van der Waals surface area contributed by atoms with Crippen molar-refractivity contribution in [3.63, 3.8) is 0 Å². The fraction of sp³-hybridized carbons (Fsp3) is 0.273. The van der Waals surface area contributed by atoms with Gasteiger partial charge in [0.25, 0.3) is 5.91 Å². The van der Waals surface area contributed by atoms with Gasteiger partial charge in [-0.05, 0) is 56.0 Å². The molecule has 1 amide bonds. The van der Waals surface area contributed by atoms with E-state index >= 15 is 0 Å². The van der Waals surface area contributed by atoms with E-state index in [1.54, 1.807) is 30.3 Å². The van der Waals surface area contributed by atoms with Crippen LogP contribution in [-0.2, 0) is 4.84 Å². The molecule has 0 unspecified atom stereocenters. The van der Waals surface area contributed by atoms with Gasteiger partial charge in [-0.25, -0.2) is 14.7 Å². The number of nitrogens with zero attached hydrogens (tertiary/aromatic N) is 5. The molecule has 1 N–H and O–H groups in total. The van der Waals surface area contributed by atoms with Crippen molar-refractivity contribution in [2.75, 3.05) is 6.61 Å². The van der Waals surface area contributed by atoms with Crippen molar-refractivity contribution < 1.29 is 14.7 Å². The summed E-state index contributed by atoms with van der Waals surface area (Å²) in [6.45, 7) is 2.47. The third-order valence-electron chi connectivity index (χ3n) is 5.90. The molecule has 8 nitrogen and oxygen atoms in total. The number of hydroxylamine groups is 2.